The number of aryl methyl sites for hydroxylation is 2. The topological polar surface area (TPSA) is 103 Å². The second-order valence-electron chi connectivity index (χ2n) is 10.8. The van der Waals surface area contributed by atoms with Crippen molar-refractivity contribution in [1.29, 1.82) is 5.26 Å². The Hall–Kier alpha value is -4.41. The van der Waals surface area contributed by atoms with Crippen LogP contribution in [0.1, 0.15) is 74.0 Å². The molecule has 0 amide bonds. The van der Waals surface area contributed by atoms with Crippen molar-refractivity contribution >= 4 is 29.3 Å². The molecule has 1 heterocycles. The lowest BCUT2D eigenvalue weighted by Gasteiger charge is -2.37. The van der Waals surface area contributed by atoms with Gasteiger partial charge in [0.15, 0.2) is 5.60 Å². The van der Waals surface area contributed by atoms with Gasteiger partial charge in [0.25, 0.3) is 0 Å². The molecule has 3 aromatic rings. The number of benzene rings is 3. The lowest BCUT2D eigenvalue weighted by Crippen LogP contribution is -2.44. The molecule has 1 fully saturated rings. The van der Waals surface area contributed by atoms with Crippen molar-refractivity contribution in [2.45, 2.75) is 66.4 Å². The summed E-state index contributed by atoms with van der Waals surface area (Å²) in [6.45, 7) is 17.8. The van der Waals surface area contributed by atoms with Gasteiger partial charge in [0, 0.05) is 62.1 Å². The van der Waals surface area contributed by atoms with Gasteiger partial charge in [-0.05, 0) is 49.1 Å². The Labute approximate surface area is 264 Å². The standard InChI is InChI=1S/C23H27N3O.C7H6O.C5H10O2.C2H6/c1-17-5-10-22(18(2)15-17)25-19(3)20-6-8-21(9-7-20)26-13-11-23(16-24,27-4)12-14-26;8-6-7-4-2-1-3-5-7;1-4(2)3-5(6)7;1-2/h5-10,15,25H,3,11-14H2,1-2,4H3;1-6H;4H,3H2,1-2H3,(H,6,7);1-2H3. The Morgan fingerprint density at radius 2 is 1.66 bits per heavy atom. The molecule has 3 aromatic carbocycles. The normalized spacial score (nSPS) is 12.9. The van der Waals surface area contributed by atoms with E-state index >= 15 is 0 Å². The number of carbonyl (C=O) groups is 2. The number of methoxy groups -OCH3 is 1. The van der Waals surface area contributed by atoms with Crippen molar-refractivity contribution in [3.63, 3.8) is 0 Å². The number of nitrogens with one attached hydrogen (secondary N) is 1. The zero-order chi connectivity index (χ0) is 33.1. The van der Waals surface area contributed by atoms with E-state index in [4.69, 9.17) is 9.84 Å². The number of aldehydes is 1. The Morgan fingerprint density at radius 3 is 2.07 bits per heavy atom. The Bertz CT molecular complexity index is 1340. The predicted octanol–water partition coefficient (Wildman–Crippen LogP) is 8.54. The second kappa shape index (κ2) is 19.7. The number of carboxylic acid groups (broad SMARTS) is 1. The summed E-state index contributed by atoms with van der Waals surface area (Å²) in [6, 6.07) is 26.2. The minimum absolute atomic E-state index is 0.275. The number of carbonyl (C=O) groups excluding carboxylic acids is 1. The third-order valence-corrected chi connectivity index (χ3v) is 6.93. The van der Waals surface area contributed by atoms with Crippen molar-refractivity contribution < 1.29 is 19.4 Å². The van der Waals surface area contributed by atoms with E-state index in [0.717, 1.165) is 54.7 Å². The van der Waals surface area contributed by atoms with Crippen LogP contribution in [-0.2, 0) is 9.53 Å². The number of anilines is 2. The van der Waals surface area contributed by atoms with E-state index < -0.39 is 11.6 Å². The fraction of sp³-hybridized carbons (Fsp3) is 0.378. The average Bonchev–Trinajstić information content (AvgIpc) is 3.04. The van der Waals surface area contributed by atoms with Gasteiger partial charge in [-0.3, -0.25) is 9.59 Å². The first kappa shape index (κ1) is 37.6. The van der Waals surface area contributed by atoms with Crippen LogP contribution >= 0.6 is 0 Å². The molecule has 0 saturated carbocycles. The van der Waals surface area contributed by atoms with Crippen LogP contribution in [0.4, 0.5) is 11.4 Å². The third-order valence-electron chi connectivity index (χ3n) is 6.93. The smallest absolute Gasteiger partial charge is 0.303 e. The maximum Gasteiger partial charge on any atom is 0.303 e. The van der Waals surface area contributed by atoms with Crippen molar-refractivity contribution in [2.24, 2.45) is 5.92 Å². The molecule has 4 rings (SSSR count). The van der Waals surface area contributed by atoms with Crippen LogP contribution in [0.2, 0.25) is 0 Å². The minimum Gasteiger partial charge on any atom is -0.481 e. The summed E-state index contributed by atoms with van der Waals surface area (Å²) in [5, 5.41) is 20.8. The molecule has 1 saturated heterocycles. The highest BCUT2D eigenvalue weighted by Gasteiger charge is 2.34. The molecule has 0 aliphatic carbocycles. The van der Waals surface area contributed by atoms with Crippen molar-refractivity contribution in [3.8, 4) is 6.07 Å². The molecule has 2 N–H and O–H groups in total. The summed E-state index contributed by atoms with van der Waals surface area (Å²) >= 11 is 0. The molecule has 236 valence electrons. The van der Waals surface area contributed by atoms with E-state index in [2.05, 4.69) is 79.2 Å². The first-order chi connectivity index (χ1) is 21.0. The zero-order valence-corrected chi connectivity index (χ0v) is 27.4. The van der Waals surface area contributed by atoms with Gasteiger partial charge in [-0.15, -0.1) is 0 Å². The van der Waals surface area contributed by atoms with Gasteiger partial charge in [0.05, 0.1) is 6.07 Å². The van der Waals surface area contributed by atoms with E-state index in [9.17, 15) is 14.9 Å². The number of piperidine rings is 1. The first-order valence-corrected chi connectivity index (χ1v) is 15.1. The molecular formula is C37H49N3O4. The molecule has 0 bridgehead atoms. The SMILES string of the molecule is C=C(Nc1ccc(C)cc1C)c1ccc(N2CCC(C#N)(OC)CC2)cc1.CC.CC(C)CC(=O)O.O=Cc1ccccc1. The summed E-state index contributed by atoms with van der Waals surface area (Å²) in [4.78, 5) is 22.1. The van der Waals surface area contributed by atoms with Gasteiger partial charge in [-0.25, -0.2) is 0 Å². The fourth-order valence-electron chi connectivity index (χ4n) is 4.43. The van der Waals surface area contributed by atoms with Gasteiger partial charge in [-0.2, -0.15) is 5.26 Å². The Balaban J connectivity index is 0.000000465. The second-order valence-corrected chi connectivity index (χ2v) is 10.8. The van der Waals surface area contributed by atoms with Gasteiger partial charge in [0.2, 0.25) is 0 Å². The maximum atomic E-state index is 10.0. The minimum atomic E-state index is -0.713. The van der Waals surface area contributed by atoms with Crippen LogP contribution in [0, 0.1) is 31.1 Å². The van der Waals surface area contributed by atoms with Crippen LogP contribution in [0.5, 0.6) is 0 Å². The Morgan fingerprint density at radius 1 is 1.07 bits per heavy atom. The molecular weight excluding hydrogens is 550 g/mol. The number of hydrogen-bond donors (Lipinski definition) is 2. The molecule has 7 heteroatoms. The predicted molar refractivity (Wildman–Crippen MR) is 182 cm³/mol. The summed E-state index contributed by atoms with van der Waals surface area (Å²) in [7, 11) is 1.63. The van der Waals surface area contributed by atoms with Crippen LogP contribution in [0.15, 0.2) is 79.4 Å². The Kier molecular flexibility index (Phi) is 16.9. The van der Waals surface area contributed by atoms with Gasteiger partial charge in [0.1, 0.15) is 6.29 Å². The van der Waals surface area contributed by atoms with Gasteiger partial charge in [-0.1, -0.05) is 94.4 Å². The van der Waals surface area contributed by atoms with E-state index in [1.165, 1.54) is 16.8 Å². The number of carboxylic acids is 1. The summed E-state index contributed by atoms with van der Waals surface area (Å²) < 4.78 is 5.43. The van der Waals surface area contributed by atoms with E-state index in [0.29, 0.717) is 0 Å². The molecule has 0 spiro atoms. The van der Waals surface area contributed by atoms with Gasteiger partial charge >= 0.3 is 5.97 Å². The molecule has 1 aliphatic rings. The fourth-order valence-corrected chi connectivity index (χ4v) is 4.43. The zero-order valence-electron chi connectivity index (χ0n) is 27.4. The van der Waals surface area contributed by atoms with Crippen LogP contribution in [-0.4, -0.2) is 43.2 Å². The number of nitrogens with zero attached hydrogens (tertiary/aromatic N) is 2. The van der Waals surface area contributed by atoms with E-state index in [-0.39, 0.29) is 12.3 Å². The largest absolute Gasteiger partial charge is 0.481 e. The van der Waals surface area contributed by atoms with Crippen molar-refractivity contribution in [2.75, 3.05) is 30.4 Å². The first-order valence-electron chi connectivity index (χ1n) is 15.1. The maximum absolute atomic E-state index is 10.0. The number of rotatable bonds is 8. The molecule has 0 radical (unpaired) electrons. The van der Waals surface area contributed by atoms with Gasteiger partial charge < -0.3 is 20.1 Å². The number of hydrogen-bond acceptors (Lipinski definition) is 6. The van der Waals surface area contributed by atoms with Crippen LogP contribution in [0.3, 0.4) is 0 Å². The highest BCUT2D eigenvalue weighted by atomic mass is 16.5. The lowest BCUT2D eigenvalue weighted by molar-refractivity contribution is -0.137. The molecule has 1 aliphatic heterocycles. The molecule has 0 aromatic heterocycles. The molecule has 0 unspecified atom stereocenters. The molecule has 0 atom stereocenters. The van der Waals surface area contributed by atoms with Crippen molar-refractivity contribution in [1.82, 2.24) is 0 Å². The van der Waals surface area contributed by atoms with E-state index in [1.54, 1.807) is 19.2 Å². The van der Waals surface area contributed by atoms with Crippen molar-refractivity contribution in [3.05, 3.63) is 102 Å². The van der Waals surface area contributed by atoms with Crippen LogP contribution in [0.25, 0.3) is 5.70 Å². The lowest BCUT2D eigenvalue weighted by atomic mass is 9.92. The average molecular weight is 600 g/mol. The quantitative estimate of drug-likeness (QED) is 0.250. The summed E-state index contributed by atoms with van der Waals surface area (Å²) in [5.74, 6) is -0.438. The molecule has 44 heavy (non-hydrogen) atoms. The number of aliphatic carboxylic acids is 1. The highest BCUT2D eigenvalue weighted by Crippen LogP contribution is 2.29. The van der Waals surface area contributed by atoms with Crippen LogP contribution < -0.4 is 10.2 Å². The molecule has 7 nitrogen and oxygen atoms in total. The monoisotopic (exact) mass is 599 g/mol. The van der Waals surface area contributed by atoms with E-state index in [1.807, 2.05) is 45.9 Å². The highest BCUT2D eigenvalue weighted by molar-refractivity contribution is 5.77. The summed E-state index contributed by atoms with van der Waals surface area (Å²) in [5.41, 5.74) is 6.77. The summed E-state index contributed by atoms with van der Waals surface area (Å²) in [6.07, 6.45) is 2.56. The number of ether oxygens (including phenoxy) is 1. The number of nitriles is 1. The third kappa shape index (κ3) is 12.8.